The topological polar surface area (TPSA) is 88.0 Å². The van der Waals surface area contributed by atoms with Crippen molar-refractivity contribution in [2.75, 3.05) is 14.2 Å². The van der Waals surface area contributed by atoms with Gasteiger partial charge in [0.1, 0.15) is 0 Å². The quantitative estimate of drug-likeness (QED) is 0.757. The van der Waals surface area contributed by atoms with Crippen molar-refractivity contribution in [3.8, 4) is 23.0 Å². The number of phenols is 2. The van der Waals surface area contributed by atoms with E-state index in [4.69, 9.17) is 9.47 Å². The van der Waals surface area contributed by atoms with Gasteiger partial charge in [-0.25, -0.2) is 0 Å². The van der Waals surface area contributed by atoms with E-state index in [0.29, 0.717) is 18.0 Å². The lowest BCUT2D eigenvalue weighted by Gasteiger charge is -2.14. The number of aromatic hydroxyl groups is 2. The van der Waals surface area contributed by atoms with E-state index in [2.05, 4.69) is 5.32 Å². The Labute approximate surface area is 140 Å². The lowest BCUT2D eigenvalue weighted by Crippen LogP contribution is -2.27. The summed E-state index contributed by atoms with van der Waals surface area (Å²) in [6.07, 6.45) is 0. The van der Waals surface area contributed by atoms with Crippen LogP contribution < -0.4 is 14.8 Å². The van der Waals surface area contributed by atoms with Gasteiger partial charge in [0.05, 0.1) is 20.1 Å². The number of nitrogens with one attached hydrogen (secondary N) is 1. The number of amides is 1. The Morgan fingerprint density at radius 2 is 1.62 bits per heavy atom. The molecule has 24 heavy (non-hydrogen) atoms. The molecule has 6 nitrogen and oxygen atoms in total. The molecule has 3 N–H and O–H groups in total. The number of hydrogen-bond acceptors (Lipinski definition) is 5. The summed E-state index contributed by atoms with van der Waals surface area (Å²) in [6.45, 7) is 2.09. The molecule has 1 amide bonds. The number of rotatable bonds is 6. The van der Waals surface area contributed by atoms with Gasteiger partial charge in [0.15, 0.2) is 23.0 Å². The lowest BCUT2D eigenvalue weighted by atomic mass is 9.99. The number of ether oxygens (including phenoxy) is 2. The van der Waals surface area contributed by atoms with E-state index in [0.717, 1.165) is 11.1 Å². The van der Waals surface area contributed by atoms with Crippen LogP contribution in [0.4, 0.5) is 0 Å². The maximum Gasteiger partial charge on any atom is 0.227 e. The summed E-state index contributed by atoms with van der Waals surface area (Å²) in [6, 6.07) is 9.74. The molecule has 0 aliphatic rings. The summed E-state index contributed by atoms with van der Waals surface area (Å²) < 4.78 is 10.1. The highest BCUT2D eigenvalue weighted by Crippen LogP contribution is 2.30. The fourth-order valence-electron chi connectivity index (χ4n) is 2.29. The number of carbonyl (C=O) groups excluding carboxylic acids is 1. The average Bonchev–Trinajstić information content (AvgIpc) is 2.60. The molecule has 0 saturated carbocycles. The van der Waals surface area contributed by atoms with Gasteiger partial charge in [-0.15, -0.1) is 0 Å². The fourth-order valence-corrected chi connectivity index (χ4v) is 2.29. The third-order valence-electron chi connectivity index (χ3n) is 3.81. The minimum Gasteiger partial charge on any atom is -0.504 e. The largest absolute Gasteiger partial charge is 0.504 e. The molecule has 0 bridgehead atoms. The first kappa shape index (κ1) is 17.5. The van der Waals surface area contributed by atoms with Gasteiger partial charge in [0.25, 0.3) is 0 Å². The Kier molecular flexibility index (Phi) is 5.52. The second kappa shape index (κ2) is 7.59. The molecule has 128 valence electrons. The van der Waals surface area contributed by atoms with Crippen LogP contribution in [0.25, 0.3) is 0 Å². The van der Waals surface area contributed by atoms with Crippen LogP contribution in [-0.2, 0) is 11.3 Å². The Bertz CT molecular complexity index is 729. The van der Waals surface area contributed by atoms with Crippen molar-refractivity contribution in [3.63, 3.8) is 0 Å². The maximum atomic E-state index is 12.3. The molecule has 1 atom stereocenters. The van der Waals surface area contributed by atoms with Crippen molar-refractivity contribution in [2.24, 2.45) is 0 Å². The summed E-state index contributed by atoms with van der Waals surface area (Å²) in [7, 11) is 2.93. The zero-order valence-corrected chi connectivity index (χ0v) is 13.9. The number of hydrogen-bond donors (Lipinski definition) is 3. The van der Waals surface area contributed by atoms with Gasteiger partial charge in [-0.3, -0.25) is 4.79 Å². The molecule has 0 aromatic heterocycles. The van der Waals surface area contributed by atoms with Crippen LogP contribution in [0, 0.1) is 0 Å². The molecule has 0 spiro atoms. The molecule has 0 aliphatic carbocycles. The molecular formula is C18H21NO5. The molecular weight excluding hydrogens is 310 g/mol. The van der Waals surface area contributed by atoms with E-state index in [1.165, 1.54) is 26.4 Å². The van der Waals surface area contributed by atoms with Crippen LogP contribution in [0.1, 0.15) is 24.0 Å². The Balaban J connectivity index is 2.04. The first-order chi connectivity index (χ1) is 11.5. The summed E-state index contributed by atoms with van der Waals surface area (Å²) in [5, 5.41) is 22.0. The molecule has 0 aliphatic heterocycles. The van der Waals surface area contributed by atoms with E-state index in [9.17, 15) is 15.0 Å². The minimum atomic E-state index is -0.404. The van der Waals surface area contributed by atoms with Gasteiger partial charge in [0.2, 0.25) is 5.91 Å². The van der Waals surface area contributed by atoms with Gasteiger partial charge >= 0.3 is 0 Å². The van der Waals surface area contributed by atoms with Crippen LogP contribution in [0.5, 0.6) is 23.0 Å². The number of methoxy groups -OCH3 is 2. The maximum absolute atomic E-state index is 12.3. The Morgan fingerprint density at radius 1 is 1.04 bits per heavy atom. The molecule has 2 rings (SSSR count). The summed E-state index contributed by atoms with van der Waals surface area (Å²) in [5.74, 6) is 0.212. The van der Waals surface area contributed by atoms with Gasteiger partial charge in [-0.1, -0.05) is 12.1 Å². The fraction of sp³-hybridized carbons (Fsp3) is 0.278. The molecule has 0 fully saturated rings. The SMILES string of the molecule is COc1cc(CNC(=O)C(C)c2ccc(O)c(OC)c2)ccc1O. The van der Waals surface area contributed by atoms with E-state index in [1.807, 2.05) is 0 Å². The average molecular weight is 331 g/mol. The minimum absolute atomic E-state index is 0.0325. The molecule has 1 unspecified atom stereocenters. The van der Waals surface area contributed by atoms with E-state index in [-0.39, 0.29) is 17.4 Å². The second-order valence-electron chi connectivity index (χ2n) is 5.38. The first-order valence-corrected chi connectivity index (χ1v) is 7.46. The second-order valence-corrected chi connectivity index (χ2v) is 5.38. The predicted molar refractivity (Wildman–Crippen MR) is 89.6 cm³/mol. The smallest absolute Gasteiger partial charge is 0.227 e. The molecule has 2 aromatic carbocycles. The van der Waals surface area contributed by atoms with Crippen molar-refractivity contribution in [1.82, 2.24) is 5.32 Å². The van der Waals surface area contributed by atoms with Gasteiger partial charge in [0, 0.05) is 6.54 Å². The first-order valence-electron chi connectivity index (χ1n) is 7.46. The van der Waals surface area contributed by atoms with Gasteiger partial charge < -0.3 is 25.0 Å². The third-order valence-corrected chi connectivity index (χ3v) is 3.81. The molecule has 0 saturated heterocycles. The van der Waals surface area contributed by atoms with Gasteiger partial charge in [-0.2, -0.15) is 0 Å². The van der Waals surface area contributed by atoms with Crippen molar-refractivity contribution >= 4 is 5.91 Å². The predicted octanol–water partition coefficient (Wildman–Crippen LogP) is 2.53. The van der Waals surface area contributed by atoms with Crippen molar-refractivity contribution < 1.29 is 24.5 Å². The van der Waals surface area contributed by atoms with E-state index < -0.39 is 5.92 Å². The third kappa shape index (κ3) is 3.90. The molecule has 2 aromatic rings. The highest BCUT2D eigenvalue weighted by Gasteiger charge is 2.17. The van der Waals surface area contributed by atoms with Crippen LogP contribution in [0.15, 0.2) is 36.4 Å². The summed E-state index contributed by atoms with van der Waals surface area (Å²) in [5.41, 5.74) is 1.55. The lowest BCUT2D eigenvalue weighted by molar-refractivity contribution is -0.122. The Morgan fingerprint density at radius 3 is 2.25 bits per heavy atom. The summed E-state index contributed by atoms with van der Waals surface area (Å²) >= 11 is 0. The van der Waals surface area contributed by atoms with Crippen molar-refractivity contribution in [2.45, 2.75) is 19.4 Å². The normalized spacial score (nSPS) is 11.6. The molecule has 0 radical (unpaired) electrons. The van der Waals surface area contributed by atoms with Crippen LogP contribution in [0.3, 0.4) is 0 Å². The standard InChI is InChI=1S/C18H21NO5/c1-11(13-5-7-15(21)17(9-13)24-3)18(22)19-10-12-4-6-14(20)16(8-12)23-2/h4-9,11,20-21H,10H2,1-3H3,(H,19,22). The molecule has 6 heteroatoms. The monoisotopic (exact) mass is 331 g/mol. The van der Waals surface area contributed by atoms with Crippen molar-refractivity contribution in [3.05, 3.63) is 47.5 Å². The van der Waals surface area contributed by atoms with Crippen LogP contribution in [0.2, 0.25) is 0 Å². The highest BCUT2D eigenvalue weighted by molar-refractivity contribution is 5.83. The number of phenolic OH excluding ortho intramolecular Hbond substituents is 2. The highest BCUT2D eigenvalue weighted by atomic mass is 16.5. The van der Waals surface area contributed by atoms with Crippen molar-refractivity contribution in [1.29, 1.82) is 0 Å². The number of carbonyl (C=O) groups is 1. The Hall–Kier alpha value is -2.89. The number of benzene rings is 2. The van der Waals surface area contributed by atoms with E-state index in [1.54, 1.807) is 31.2 Å². The van der Waals surface area contributed by atoms with Crippen LogP contribution >= 0.6 is 0 Å². The van der Waals surface area contributed by atoms with Crippen LogP contribution in [-0.4, -0.2) is 30.3 Å². The summed E-state index contributed by atoms with van der Waals surface area (Å²) in [4.78, 5) is 12.3. The molecule has 0 heterocycles. The van der Waals surface area contributed by atoms with E-state index >= 15 is 0 Å². The van der Waals surface area contributed by atoms with Gasteiger partial charge in [-0.05, 0) is 42.3 Å². The zero-order valence-electron chi connectivity index (χ0n) is 13.9. The zero-order chi connectivity index (χ0) is 17.7.